The third-order valence-corrected chi connectivity index (χ3v) is 6.94. The Bertz CT molecular complexity index is 1260. The predicted octanol–water partition coefficient (Wildman–Crippen LogP) is 5.09. The Morgan fingerprint density at radius 3 is 2.35 bits per heavy atom. The van der Waals surface area contributed by atoms with Crippen LogP contribution in [-0.2, 0) is 11.3 Å². The Labute approximate surface area is 200 Å². The Morgan fingerprint density at radius 1 is 1.03 bits per heavy atom. The first kappa shape index (κ1) is 22.7. The molecule has 2 atom stereocenters. The smallest absolute Gasteiger partial charge is 0.410 e. The molecule has 1 aromatic heterocycles. The van der Waals surface area contributed by atoms with Crippen LogP contribution in [0.4, 0.5) is 4.79 Å². The molecule has 6 nitrogen and oxygen atoms in total. The van der Waals surface area contributed by atoms with Crippen molar-refractivity contribution in [2.45, 2.75) is 64.8 Å². The molecule has 1 N–H and O–H groups in total. The first-order valence-electron chi connectivity index (χ1n) is 12.1. The van der Waals surface area contributed by atoms with E-state index in [-0.39, 0.29) is 23.7 Å². The lowest BCUT2D eigenvalue weighted by molar-refractivity contribution is -0.00542. The molecule has 1 amide bonds. The zero-order chi connectivity index (χ0) is 24.0. The van der Waals surface area contributed by atoms with Gasteiger partial charge in [0.05, 0.1) is 0 Å². The standard InChI is InChI=1S/C28H33N3O3/c1-18-6-5-7-23-24(18)14-25(29-26(23)32)20-10-8-19(9-11-20)15-30-16-21-12-13-22(17-30)31(21)27(33)34-28(2,3)4/h5-11,14,21-22H,12-13,15-17H2,1-4H3,(H,29,32). The van der Waals surface area contributed by atoms with Crippen LogP contribution in [0.3, 0.4) is 0 Å². The Kier molecular flexibility index (Phi) is 5.72. The number of H-pyrrole nitrogens is 1. The number of hydrogen-bond donors (Lipinski definition) is 1. The van der Waals surface area contributed by atoms with E-state index in [9.17, 15) is 9.59 Å². The van der Waals surface area contributed by atoms with Gasteiger partial charge >= 0.3 is 6.09 Å². The van der Waals surface area contributed by atoms with Crippen molar-refractivity contribution < 1.29 is 9.53 Å². The Balaban J connectivity index is 1.28. The number of aromatic nitrogens is 1. The maximum Gasteiger partial charge on any atom is 0.410 e. The van der Waals surface area contributed by atoms with Crippen molar-refractivity contribution in [3.63, 3.8) is 0 Å². The van der Waals surface area contributed by atoms with Crippen LogP contribution in [0.25, 0.3) is 22.0 Å². The van der Waals surface area contributed by atoms with E-state index in [1.54, 1.807) is 0 Å². The number of ether oxygens (including phenoxy) is 1. The third kappa shape index (κ3) is 4.47. The van der Waals surface area contributed by atoms with Gasteiger partial charge in [-0.2, -0.15) is 0 Å². The highest BCUT2D eigenvalue weighted by molar-refractivity contribution is 5.87. The third-order valence-electron chi connectivity index (χ3n) is 6.94. The molecule has 0 saturated carbocycles. The summed E-state index contributed by atoms with van der Waals surface area (Å²) >= 11 is 0. The summed E-state index contributed by atoms with van der Waals surface area (Å²) in [5.74, 6) is 0. The van der Waals surface area contributed by atoms with Gasteiger partial charge in [0.1, 0.15) is 5.60 Å². The molecule has 2 unspecified atom stereocenters. The average Bonchev–Trinajstić information content (AvgIpc) is 3.05. The fourth-order valence-corrected chi connectivity index (χ4v) is 5.38. The zero-order valence-electron chi connectivity index (χ0n) is 20.4. The highest BCUT2D eigenvalue weighted by Gasteiger charge is 2.44. The van der Waals surface area contributed by atoms with E-state index < -0.39 is 5.60 Å². The second-order valence-electron chi connectivity index (χ2n) is 10.7. The van der Waals surface area contributed by atoms with Gasteiger partial charge in [-0.15, -0.1) is 0 Å². The van der Waals surface area contributed by atoms with Gasteiger partial charge in [0.2, 0.25) is 0 Å². The maximum atomic E-state index is 12.7. The van der Waals surface area contributed by atoms with Crippen molar-refractivity contribution in [2.24, 2.45) is 0 Å². The summed E-state index contributed by atoms with van der Waals surface area (Å²) in [5, 5.41) is 1.71. The number of benzene rings is 2. The molecule has 2 aromatic carbocycles. The van der Waals surface area contributed by atoms with E-state index in [0.717, 1.165) is 60.1 Å². The van der Waals surface area contributed by atoms with Crippen LogP contribution < -0.4 is 5.56 Å². The number of aryl methyl sites for hydroxylation is 1. The number of likely N-dealkylation sites (tertiary alicyclic amines) is 1. The minimum Gasteiger partial charge on any atom is -0.444 e. The molecule has 0 radical (unpaired) electrons. The van der Waals surface area contributed by atoms with E-state index in [0.29, 0.717) is 0 Å². The van der Waals surface area contributed by atoms with E-state index >= 15 is 0 Å². The van der Waals surface area contributed by atoms with Gasteiger partial charge in [0, 0.05) is 42.8 Å². The van der Waals surface area contributed by atoms with Crippen molar-refractivity contribution in [3.8, 4) is 11.3 Å². The van der Waals surface area contributed by atoms with Crippen molar-refractivity contribution in [2.75, 3.05) is 13.1 Å². The second-order valence-corrected chi connectivity index (χ2v) is 10.7. The summed E-state index contributed by atoms with van der Waals surface area (Å²) in [6.45, 7) is 10.4. The quantitative estimate of drug-likeness (QED) is 0.593. The minimum absolute atomic E-state index is 0.0568. The molecule has 2 aliphatic heterocycles. The maximum absolute atomic E-state index is 12.7. The molecule has 2 fully saturated rings. The largest absolute Gasteiger partial charge is 0.444 e. The molecular formula is C28H33N3O3. The number of rotatable bonds is 3. The second kappa shape index (κ2) is 8.58. The molecule has 3 aromatic rings. The number of aromatic amines is 1. The molecule has 2 bridgehead atoms. The molecular weight excluding hydrogens is 426 g/mol. The molecule has 3 heterocycles. The Hall–Kier alpha value is -3.12. The van der Waals surface area contributed by atoms with Gasteiger partial charge in [-0.05, 0) is 74.7 Å². The lowest BCUT2D eigenvalue weighted by atomic mass is 10.0. The number of carbonyl (C=O) groups is 1. The van der Waals surface area contributed by atoms with Crippen LogP contribution in [0.2, 0.25) is 0 Å². The topological polar surface area (TPSA) is 65.6 Å². The van der Waals surface area contributed by atoms with E-state index in [1.165, 1.54) is 5.56 Å². The summed E-state index contributed by atoms with van der Waals surface area (Å²) < 4.78 is 5.65. The van der Waals surface area contributed by atoms with Crippen molar-refractivity contribution in [3.05, 3.63) is 70.0 Å². The first-order chi connectivity index (χ1) is 16.2. The summed E-state index contributed by atoms with van der Waals surface area (Å²) in [7, 11) is 0. The molecule has 2 saturated heterocycles. The van der Waals surface area contributed by atoms with Crippen molar-refractivity contribution in [1.82, 2.24) is 14.8 Å². The molecule has 34 heavy (non-hydrogen) atoms. The van der Waals surface area contributed by atoms with Crippen molar-refractivity contribution in [1.29, 1.82) is 0 Å². The molecule has 0 spiro atoms. The number of amides is 1. The van der Waals surface area contributed by atoms with Crippen LogP contribution in [0, 0.1) is 6.92 Å². The fraction of sp³-hybridized carbons (Fsp3) is 0.429. The van der Waals surface area contributed by atoms with Crippen LogP contribution in [0.5, 0.6) is 0 Å². The normalized spacial score (nSPS) is 20.6. The number of nitrogens with zero attached hydrogens (tertiary/aromatic N) is 2. The highest BCUT2D eigenvalue weighted by atomic mass is 16.6. The van der Waals surface area contributed by atoms with Gasteiger partial charge in [0.25, 0.3) is 5.56 Å². The average molecular weight is 460 g/mol. The lowest BCUT2D eigenvalue weighted by Gasteiger charge is -2.41. The molecule has 6 heteroatoms. The van der Waals surface area contributed by atoms with E-state index in [4.69, 9.17) is 4.74 Å². The summed E-state index contributed by atoms with van der Waals surface area (Å²) in [5.41, 5.74) is 3.64. The van der Waals surface area contributed by atoms with Crippen LogP contribution >= 0.6 is 0 Å². The van der Waals surface area contributed by atoms with Gasteiger partial charge in [-0.3, -0.25) is 14.6 Å². The molecule has 0 aliphatic carbocycles. The summed E-state index contributed by atoms with van der Waals surface area (Å²) in [6.07, 6.45) is 1.89. The number of hydrogen-bond acceptors (Lipinski definition) is 4. The summed E-state index contributed by atoms with van der Waals surface area (Å²) in [6, 6.07) is 16.8. The van der Waals surface area contributed by atoms with Gasteiger partial charge < -0.3 is 9.72 Å². The predicted molar refractivity (Wildman–Crippen MR) is 135 cm³/mol. The van der Waals surface area contributed by atoms with Gasteiger partial charge in [-0.1, -0.05) is 36.4 Å². The summed E-state index contributed by atoms with van der Waals surface area (Å²) in [4.78, 5) is 32.7. The number of carbonyl (C=O) groups excluding carboxylic acids is 1. The Morgan fingerprint density at radius 2 is 1.71 bits per heavy atom. The van der Waals surface area contributed by atoms with Gasteiger partial charge in [0.15, 0.2) is 0 Å². The van der Waals surface area contributed by atoms with Crippen LogP contribution in [0.15, 0.2) is 53.3 Å². The molecule has 178 valence electrons. The first-order valence-corrected chi connectivity index (χ1v) is 12.1. The van der Waals surface area contributed by atoms with E-state index in [2.05, 4.69) is 40.2 Å². The number of fused-ring (bicyclic) bond motifs is 3. The molecule has 5 rings (SSSR count). The van der Waals surface area contributed by atoms with E-state index in [1.807, 2.05) is 50.8 Å². The van der Waals surface area contributed by atoms with Gasteiger partial charge in [-0.25, -0.2) is 4.79 Å². The number of pyridine rings is 1. The van der Waals surface area contributed by atoms with Crippen molar-refractivity contribution >= 4 is 16.9 Å². The van der Waals surface area contributed by atoms with Crippen LogP contribution in [-0.4, -0.2) is 51.7 Å². The van der Waals surface area contributed by atoms with Crippen LogP contribution in [0.1, 0.15) is 44.7 Å². The zero-order valence-corrected chi connectivity index (χ0v) is 20.4. The molecule has 2 aliphatic rings. The SMILES string of the molecule is Cc1cccc2c(=O)[nH]c(-c3ccc(CN4CC5CCC(C4)N5C(=O)OC(C)(C)C)cc3)cc12. The fourth-order valence-electron chi connectivity index (χ4n) is 5.38. The number of nitrogens with one attached hydrogen (secondary N) is 1. The minimum atomic E-state index is -0.469. The monoisotopic (exact) mass is 459 g/mol. The number of piperazine rings is 1. The highest BCUT2D eigenvalue weighted by Crippen LogP contribution is 2.32. The lowest BCUT2D eigenvalue weighted by Crippen LogP contribution is -2.56.